The Morgan fingerprint density at radius 1 is 0.850 bits per heavy atom. The van der Waals surface area contributed by atoms with E-state index in [0.29, 0.717) is 0 Å². The van der Waals surface area contributed by atoms with E-state index < -0.39 is 30.3 Å². The van der Waals surface area contributed by atoms with Crippen LogP contribution in [0.5, 0.6) is 5.75 Å². The van der Waals surface area contributed by atoms with E-state index in [-0.39, 0.29) is 9.79 Å². The summed E-state index contributed by atoms with van der Waals surface area (Å²) in [6.45, 7) is 0. The highest BCUT2D eigenvalue weighted by Crippen LogP contribution is 2.30. The van der Waals surface area contributed by atoms with Crippen molar-refractivity contribution in [3.05, 3.63) is 48.5 Å². The first-order valence-electron chi connectivity index (χ1n) is 5.56. The van der Waals surface area contributed by atoms with E-state index in [0.717, 1.165) is 24.5 Å². The Hall–Kier alpha value is -1.86. The minimum Gasteiger partial charge on any atom is -0.507 e. The van der Waals surface area contributed by atoms with Crippen LogP contribution in [0.15, 0.2) is 63.2 Å². The Morgan fingerprint density at radius 2 is 1.45 bits per heavy atom. The van der Waals surface area contributed by atoms with Gasteiger partial charge in [0.15, 0.2) is 9.84 Å². The average Bonchev–Trinajstić information content (AvgIpc) is 2.38. The van der Waals surface area contributed by atoms with E-state index in [1.807, 2.05) is 0 Å². The molecule has 0 unspecified atom stereocenters. The van der Waals surface area contributed by atoms with E-state index >= 15 is 0 Å². The molecular formula is C13H12O5S2. The normalized spacial score (nSPS) is 12.2. The Bertz CT molecular complexity index is 838. The number of benzene rings is 2. The molecule has 0 saturated heterocycles. The van der Waals surface area contributed by atoms with Crippen molar-refractivity contribution in [2.24, 2.45) is 0 Å². The van der Waals surface area contributed by atoms with Gasteiger partial charge >= 0.3 is 0 Å². The largest absolute Gasteiger partial charge is 0.507 e. The molecule has 2 rings (SSSR count). The first-order valence-corrected chi connectivity index (χ1v) is 8.93. The highest BCUT2D eigenvalue weighted by Gasteiger charge is 2.23. The summed E-state index contributed by atoms with van der Waals surface area (Å²) in [5.41, 5.74) is 0. The molecule has 106 valence electrons. The van der Waals surface area contributed by atoms with Crippen molar-refractivity contribution in [1.29, 1.82) is 0 Å². The molecule has 5 nitrogen and oxygen atoms in total. The van der Waals surface area contributed by atoms with Crippen molar-refractivity contribution in [3.63, 3.8) is 0 Å². The molecule has 0 aliphatic carbocycles. The summed E-state index contributed by atoms with van der Waals surface area (Å²) in [6, 6.07) is 10.7. The molecule has 0 saturated carbocycles. The van der Waals surface area contributed by atoms with Crippen LogP contribution in [-0.4, -0.2) is 28.2 Å². The highest BCUT2D eigenvalue weighted by atomic mass is 32.2. The maximum atomic E-state index is 12.4. The van der Waals surface area contributed by atoms with E-state index in [1.165, 1.54) is 12.1 Å². The maximum Gasteiger partial charge on any atom is 0.210 e. The van der Waals surface area contributed by atoms with Crippen LogP contribution < -0.4 is 0 Å². The standard InChI is InChI=1S/C13H12O5S2/c1-19(15,16)11-7-8-12(14)13(9-11)20(17,18)10-5-3-2-4-6-10/h2-9,14H,1H3. The predicted octanol–water partition coefficient (Wildman–Crippen LogP) is 1.63. The fraction of sp³-hybridized carbons (Fsp3) is 0.0769. The minimum absolute atomic E-state index is 0.0130. The SMILES string of the molecule is CS(=O)(=O)c1ccc(O)c(S(=O)(=O)c2ccccc2)c1. The molecule has 0 aliphatic rings. The summed E-state index contributed by atoms with van der Waals surface area (Å²) in [5, 5.41) is 9.72. The Labute approximate surface area is 117 Å². The zero-order chi connectivity index (χ0) is 15.0. The third-order valence-electron chi connectivity index (χ3n) is 2.70. The number of phenols is 1. The van der Waals surface area contributed by atoms with Gasteiger partial charge < -0.3 is 5.11 Å². The lowest BCUT2D eigenvalue weighted by atomic mass is 10.3. The van der Waals surface area contributed by atoms with Crippen molar-refractivity contribution in [1.82, 2.24) is 0 Å². The van der Waals surface area contributed by atoms with Crippen LogP contribution in [0, 0.1) is 0 Å². The van der Waals surface area contributed by atoms with Gasteiger partial charge in [0, 0.05) is 6.26 Å². The summed E-state index contributed by atoms with van der Waals surface area (Å²) in [6.07, 6.45) is 0.971. The van der Waals surface area contributed by atoms with Gasteiger partial charge in [0.05, 0.1) is 9.79 Å². The number of hydrogen-bond acceptors (Lipinski definition) is 5. The quantitative estimate of drug-likeness (QED) is 0.930. The lowest BCUT2D eigenvalue weighted by Gasteiger charge is -2.08. The van der Waals surface area contributed by atoms with E-state index in [9.17, 15) is 21.9 Å². The first kappa shape index (κ1) is 14.5. The van der Waals surface area contributed by atoms with Crippen LogP contribution in [0.1, 0.15) is 0 Å². The molecule has 0 aromatic heterocycles. The molecule has 7 heteroatoms. The van der Waals surface area contributed by atoms with E-state index in [4.69, 9.17) is 0 Å². The van der Waals surface area contributed by atoms with Crippen molar-refractivity contribution >= 4 is 19.7 Å². The van der Waals surface area contributed by atoms with Crippen molar-refractivity contribution < 1.29 is 21.9 Å². The molecule has 0 radical (unpaired) electrons. The lowest BCUT2D eigenvalue weighted by molar-refractivity contribution is 0.458. The fourth-order valence-electron chi connectivity index (χ4n) is 1.67. The predicted molar refractivity (Wildman–Crippen MR) is 73.1 cm³/mol. The number of hydrogen-bond donors (Lipinski definition) is 1. The molecule has 0 heterocycles. The average molecular weight is 312 g/mol. The van der Waals surface area contributed by atoms with Crippen LogP contribution in [0.2, 0.25) is 0 Å². The minimum atomic E-state index is -3.97. The van der Waals surface area contributed by atoms with Crippen molar-refractivity contribution in [2.75, 3.05) is 6.26 Å². The number of rotatable bonds is 3. The van der Waals surface area contributed by atoms with Gasteiger partial charge in [-0.2, -0.15) is 0 Å². The van der Waals surface area contributed by atoms with Gasteiger partial charge in [-0.3, -0.25) is 0 Å². The summed E-state index contributed by atoms with van der Waals surface area (Å²) in [5.74, 6) is -0.485. The van der Waals surface area contributed by atoms with Crippen LogP contribution in [0.4, 0.5) is 0 Å². The fourth-order valence-corrected chi connectivity index (χ4v) is 3.78. The van der Waals surface area contributed by atoms with Gasteiger partial charge in [-0.15, -0.1) is 0 Å². The topological polar surface area (TPSA) is 88.5 Å². The summed E-state index contributed by atoms with van der Waals surface area (Å²) >= 11 is 0. The first-order chi connectivity index (χ1) is 9.23. The molecule has 0 amide bonds. The second kappa shape index (κ2) is 4.92. The maximum absolute atomic E-state index is 12.4. The van der Waals surface area contributed by atoms with E-state index in [1.54, 1.807) is 18.2 Å². The molecule has 20 heavy (non-hydrogen) atoms. The van der Waals surface area contributed by atoms with Crippen LogP contribution in [0.3, 0.4) is 0 Å². The molecule has 0 spiro atoms. The molecule has 2 aromatic carbocycles. The molecular weight excluding hydrogens is 300 g/mol. The van der Waals surface area contributed by atoms with Crippen LogP contribution in [0.25, 0.3) is 0 Å². The Morgan fingerprint density at radius 3 is 2.00 bits per heavy atom. The van der Waals surface area contributed by atoms with Gasteiger partial charge in [0.2, 0.25) is 9.84 Å². The zero-order valence-corrected chi connectivity index (χ0v) is 12.1. The third-order valence-corrected chi connectivity index (χ3v) is 5.61. The molecule has 0 bridgehead atoms. The number of aromatic hydroxyl groups is 1. The molecule has 1 N–H and O–H groups in total. The van der Waals surface area contributed by atoms with Gasteiger partial charge in [0.1, 0.15) is 10.6 Å². The smallest absolute Gasteiger partial charge is 0.210 e. The van der Waals surface area contributed by atoms with Crippen molar-refractivity contribution in [3.8, 4) is 5.75 Å². The number of sulfone groups is 2. The van der Waals surface area contributed by atoms with Crippen LogP contribution in [-0.2, 0) is 19.7 Å². The zero-order valence-electron chi connectivity index (χ0n) is 10.5. The van der Waals surface area contributed by atoms with Gasteiger partial charge in [-0.1, -0.05) is 18.2 Å². The summed E-state index contributed by atoms with van der Waals surface area (Å²) in [4.78, 5) is -0.600. The Kier molecular flexibility index (Phi) is 3.58. The second-order valence-electron chi connectivity index (χ2n) is 4.22. The summed E-state index contributed by atoms with van der Waals surface area (Å²) in [7, 11) is -7.53. The third kappa shape index (κ3) is 2.68. The van der Waals surface area contributed by atoms with E-state index in [2.05, 4.69) is 0 Å². The highest BCUT2D eigenvalue weighted by molar-refractivity contribution is 7.92. The van der Waals surface area contributed by atoms with Gasteiger partial charge in [-0.25, -0.2) is 16.8 Å². The number of phenolic OH excluding ortho intramolecular Hbond substituents is 1. The molecule has 2 aromatic rings. The molecule has 0 atom stereocenters. The van der Waals surface area contributed by atoms with Crippen molar-refractivity contribution in [2.45, 2.75) is 14.7 Å². The second-order valence-corrected chi connectivity index (χ2v) is 8.15. The van der Waals surface area contributed by atoms with Gasteiger partial charge in [-0.05, 0) is 30.3 Å². The van der Waals surface area contributed by atoms with Gasteiger partial charge in [0.25, 0.3) is 0 Å². The summed E-state index contributed by atoms with van der Waals surface area (Å²) < 4.78 is 47.7. The monoisotopic (exact) mass is 312 g/mol. The van der Waals surface area contributed by atoms with Crippen LogP contribution >= 0.6 is 0 Å². The molecule has 0 aliphatic heterocycles. The lowest BCUT2D eigenvalue weighted by Crippen LogP contribution is -2.05. The molecule has 0 fully saturated rings. The Balaban J connectivity index is 2.70.